The van der Waals surface area contributed by atoms with Gasteiger partial charge in [-0.25, -0.2) is 0 Å². The quantitative estimate of drug-likeness (QED) is 0.897. The molecule has 0 radical (unpaired) electrons. The zero-order chi connectivity index (χ0) is 13.2. The van der Waals surface area contributed by atoms with Crippen molar-refractivity contribution in [3.05, 3.63) is 35.4 Å². The van der Waals surface area contributed by atoms with E-state index in [0.29, 0.717) is 6.54 Å². The molecule has 1 heterocycles. The van der Waals surface area contributed by atoms with Gasteiger partial charge in [0, 0.05) is 18.5 Å². The Labute approximate surface area is 104 Å². The van der Waals surface area contributed by atoms with Crippen LogP contribution in [0.5, 0.6) is 0 Å². The molecule has 0 saturated carbocycles. The number of ether oxygens (including phenoxy) is 1. The van der Waals surface area contributed by atoms with Crippen molar-refractivity contribution in [3.8, 4) is 0 Å². The summed E-state index contributed by atoms with van der Waals surface area (Å²) >= 11 is 0. The second-order valence-electron chi connectivity index (χ2n) is 5.10. The van der Waals surface area contributed by atoms with E-state index in [9.17, 15) is 13.2 Å². The Bertz CT molecular complexity index is 396. The second kappa shape index (κ2) is 4.90. The predicted molar refractivity (Wildman–Crippen MR) is 62.1 cm³/mol. The van der Waals surface area contributed by atoms with Gasteiger partial charge in [-0.1, -0.05) is 19.1 Å². The van der Waals surface area contributed by atoms with E-state index in [2.05, 4.69) is 12.2 Å². The molecule has 2 nitrogen and oxygen atoms in total. The SMILES string of the molecule is CC1(CNCc2ccc(C(F)(F)F)cc2)COC1. The van der Waals surface area contributed by atoms with E-state index >= 15 is 0 Å². The molecular weight excluding hydrogens is 243 g/mol. The number of hydrogen-bond acceptors (Lipinski definition) is 2. The molecule has 0 spiro atoms. The van der Waals surface area contributed by atoms with Crippen molar-refractivity contribution < 1.29 is 17.9 Å². The molecule has 1 aliphatic rings. The maximum absolute atomic E-state index is 12.4. The Hall–Kier alpha value is -1.07. The average molecular weight is 259 g/mol. The Morgan fingerprint density at radius 2 is 1.83 bits per heavy atom. The van der Waals surface area contributed by atoms with E-state index < -0.39 is 11.7 Å². The number of benzene rings is 1. The predicted octanol–water partition coefficient (Wildman–Crippen LogP) is 2.83. The average Bonchev–Trinajstić information content (AvgIpc) is 2.26. The molecule has 1 N–H and O–H groups in total. The van der Waals surface area contributed by atoms with E-state index in [1.807, 2.05) is 0 Å². The number of alkyl halides is 3. The summed E-state index contributed by atoms with van der Waals surface area (Å²) in [5, 5.41) is 3.24. The summed E-state index contributed by atoms with van der Waals surface area (Å²) in [6.07, 6.45) is -4.26. The molecular formula is C13H16F3NO. The minimum atomic E-state index is -4.26. The summed E-state index contributed by atoms with van der Waals surface area (Å²) in [7, 11) is 0. The van der Waals surface area contributed by atoms with Gasteiger partial charge in [-0.05, 0) is 17.7 Å². The van der Waals surface area contributed by atoms with E-state index in [-0.39, 0.29) is 5.41 Å². The minimum Gasteiger partial charge on any atom is -0.380 e. The van der Waals surface area contributed by atoms with Crippen molar-refractivity contribution in [1.82, 2.24) is 5.32 Å². The molecule has 0 aliphatic carbocycles. The summed E-state index contributed by atoms with van der Waals surface area (Å²) < 4.78 is 42.2. The van der Waals surface area contributed by atoms with Crippen LogP contribution in [0.15, 0.2) is 24.3 Å². The third-order valence-corrected chi connectivity index (χ3v) is 3.06. The van der Waals surface area contributed by atoms with Gasteiger partial charge in [0.15, 0.2) is 0 Å². The van der Waals surface area contributed by atoms with Gasteiger partial charge in [-0.3, -0.25) is 0 Å². The molecule has 2 rings (SSSR count). The maximum atomic E-state index is 12.4. The lowest BCUT2D eigenvalue weighted by molar-refractivity contribution is -0.137. The topological polar surface area (TPSA) is 21.3 Å². The van der Waals surface area contributed by atoms with Crippen LogP contribution in [0.4, 0.5) is 13.2 Å². The van der Waals surface area contributed by atoms with Crippen molar-refractivity contribution in [2.24, 2.45) is 5.41 Å². The van der Waals surface area contributed by atoms with E-state index in [1.165, 1.54) is 12.1 Å². The fourth-order valence-electron chi connectivity index (χ4n) is 1.87. The van der Waals surface area contributed by atoms with Gasteiger partial charge >= 0.3 is 6.18 Å². The molecule has 1 aromatic carbocycles. The standard InChI is InChI=1S/C13H16F3NO/c1-12(8-18-9-12)7-17-6-10-2-4-11(5-3-10)13(14,15)16/h2-5,17H,6-9H2,1H3. The van der Waals surface area contributed by atoms with Gasteiger partial charge < -0.3 is 10.1 Å². The molecule has 18 heavy (non-hydrogen) atoms. The van der Waals surface area contributed by atoms with Crippen LogP contribution in [0, 0.1) is 5.41 Å². The first-order valence-corrected chi connectivity index (χ1v) is 5.84. The normalized spacial score (nSPS) is 18.4. The van der Waals surface area contributed by atoms with Crippen molar-refractivity contribution in [2.75, 3.05) is 19.8 Å². The monoisotopic (exact) mass is 259 g/mol. The van der Waals surface area contributed by atoms with Gasteiger partial charge in [0.2, 0.25) is 0 Å². The molecule has 0 unspecified atom stereocenters. The van der Waals surface area contributed by atoms with Gasteiger partial charge in [0.1, 0.15) is 0 Å². The van der Waals surface area contributed by atoms with Crippen LogP contribution in [0.2, 0.25) is 0 Å². The first-order chi connectivity index (χ1) is 8.39. The Balaban J connectivity index is 1.83. The van der Waals surface area contributed by atoms with E-state index in [4.69, 9.17) is 4.74 Å². The Kier molecular flexibility index (Phi) is 3.64. The highest BCUT2D eigenvalue weighted by molar-refractivity contribution is 5.24. The van der Waals surface area contributed by atoms with Crippen molar-refractivity contribution in [1.29, 1.82) is 0 Å². The largest absolute Gasteiger partial charge is 0.416 e. The van der Waals surface area contributed by atoms with E-state index in [0.717, 1.165) is 37.5 Å². The number of rotatable bonds is 4. The van der Waals surface area contributed by atoms with Gasteiger partial charge in [0.25, 0.3) is 0 Å². The summed E-state index contributed by atoms with van der Waals surface area (Å²) in [5.74, 6) is 0. The van der Waals surface area contributed by atoms with Crippen LogP contribution >= 0.6 is 0 Å². The third-order valence-electron chi connectivity index (χ3n) is 3.06. The molecule has 1 fully saturated rings. The maximum Gasteiger partial charge on any atom is 0.416 e. The summed E-state index contributed by atoms with van der Waals surface area (Å²) in [6, 6.07) is 5.25. The zero-order valence-corrected chi connectivity index (χ0v) is 10.2. The lowest BCUT2D eigenvalue weighted by Crippen LogP contribution is -2.47. The van der Waals surface area contributed by atoms with Crippen LogP contribution in [0.25, 0.3) is 0 Å². The van der Waals surface area contributed by atoms with Gasteiger partial charge in [0.05, 0.1) is 18.8 Å². The second-order valence-corrected chi connectivity index (χ2v) is 5.10. The van der Waals surface area contributed by atoms with Crippen molar-refractivity contribution in [2.45, 2.75) is 19.6 Å². The van der Waals surface area contributed by atoms with E-state index in [1.54, 1.807) is 0 Å². The Morgan fingerprint density at radius 1 is 1.22 bits per heavy atom. The highest BCUT2D eigenvalue weighted by atomic mass is 19.4. The third kappa shape index (κ3) is 3.23. The molecule has 0 amide bonds. The molecule has 1 aromatic rings. The molecule has 0 atom stereocenters. The van der Waals surface area contributed by atoms with Crippen molar-refractivity contribution >= 4 is 0 Å². The number of nitrogens with one attached hydrogen (secondary N) is 1. The van der Waals surface area contributed by atoms with Crippen LogP contribution < -0.4 is 5.32 Å². The van der Waals surface area contributed by atoms with Crippen LogP contribution in [-0.4, -0.2) is 19.8 Å². The van der Waals surface area contributed by atoms with Crippen LogP contribution in [-0.2, 0) is 17.5 Å². The van der Waals surface area contributed by atoms with Crippen LogP contribution in [0.1, 0.15) is 18.1 Å². The molecule has 1 aliphatic heterocycles. The number of halogens is 3. The smallest absolute Gasteiger partial charge is 0.380 e. The highest BCUT2D eigenvalue weighted by Crippen LogP contribution is 2.29. The summed E-state index contributed by atoms with van der Waals surface area (Å²) in [5.41, 5.74) is 0.420. The highest BCUT2D eigenvalue weighted by Gasteiger charge is 2.32. The van der Waals surface area contributed by atoms with Gasteiger partial charge in [-0.2, -0.15) is 13.2 Å². The minimum absolute atomic E-state index is 0.173. The van der Waals surface area contributed by atoms with Gasteiger partial charge in [-0.15, -0.1) is 0 Å². The molecule has 0 bridgehead atoms. The fraction of sp³-hybridized carbons (Fsp3) is 0.538. The van der Waals surface area contributed by atoms with Crippen molar-refractivity contribution in [3.63, 3.8) is 0 Å². The number of hydrogen-bond donors (Lipinski definition) is 1. The lowest BCUT2D eigenvalue weighted by atomic mass is 9.89. The van der Waals surface area contributed by atoms with Crippen LogP contribution in [0.3, 0.4) is 0 Å². The fourth-order valence-corrected chi connectivity index (χ4v) is 1.87. The lowest BCUT2D eigenvalue weighted by Gasteiger charge is -2.38. The first kappa shape index (κ1) is 13.4. The summed E-state index contributed by atoms with van der Waals surface area (Å²) in [6.45, 7) is 5.00. The first-order valence-electron chi connectivity index (χ1n) is 5.84. The molecule has 0 aromatic heterocycles. The molecule has 1 saturated heterocycles. The Morgan fingerprint density at radius 3 is 2.28 bits per heavy atom. The molecule has 100 valence electrons. The zero-order valence-electron chi connectivity index (χ0n) is 10.2. The summed E-state index contributed by atoms with van der Waals surface area (Å²) in [4.78, 5) is 0. The molecule has 5 heteroatoms.